The predicted molar refractivity (Wildman–Crippen MR) is 82.1 cm³/mol. The van der Waals surface area contributed by atoms with Crippen LogP contribution in [0.15, 0.2) is 28.7 Å². The summed E-state index contributed by atoms with van der Waals surface area (Å²) in [4.78, 5) is 16.2. The average molecular weight is 389 g/mol. The molecule has 0 aliphatic rings. The molecule has 0 unspecified atom stereocenters. The third-order valence-corrected chi connectivity index (χ3v) is 3.42. The zero-order valence-electron chi connectivity index (χ0n) is 12.6. The van der Waals surface area contributed by atoms with E-state index < -0.39 is 6.61 Å². The predicted octanol–water partition coefficient (Wildman–Crippen LogP) is 3.91. The van der Waals surface area contributed by atoms with Gasteiger partial charge in [-0.15, -0.1) is 0 Å². The molecule has 124 valence electrons. The number of aryl methyl sites for hydroxylation is 2. The lowest BCUT2D eigenvalue weighted by Crippen LogP contribution is -2.05. The number of hydrogen-bond acceptors (Lipinski definition) is 4. The molecule has 23 heavy (non-hydrogen) atoms. The Morgan fingerprint density at radius 3 is 2.48 bits per heavy atom. The largest absolute Gasteiger partial charge is 0.434 e. The van der Waals surface area contributed by atoms with Crippen molar-refractivity contribution in [3.8, 4) is 17.0 Å². The molecule has 0 aliphatic carbocycles. The summed E-state index contributed by atoms with van der Waals surface area (Å²) in [6.45, 7) is 1.78. The van der Waals surface area contributed by atoms with Gasteiger partial charge in [0, 0.05) is 16.6 Å². The normalized spacial score (nSPS) is 10.0. The van der Waals surface area contributed by atoms with Crippen LogP contribution in [0.2, 0.25) is 0 Å². The van der Waals surface area contributed by atoms with Crippen LogP contribution < -0.4 is 4.74 Å². The Labute approximate surface area is 140 Å². The summed E-state index contributed by atoms with van der Waals surface area (Å²) >= 11 is 3.27. The molecule has 0 spiro atoms. The van der Waals surface area contributed by atoms with E-state index in [1.807, 2.05) is 19.9 Å². The highest BCUT2D eigenvalue weighted by atomic mass is 79.9. The van der Waals surface area contributed by atoms with E-state index >= 15 is 0 Å². The second kappa shape index (κ2) is 9.17. The highest BCUT2D eigenvalue weighted by molar-refractivity contribution is 9.10. The molecular weight excluding hydrogens is 374 g/mol. The Bertz CT molecular complexity index is 683. The highest BCUT2D eigenvalue weighted by Gasteiger charge is 2.16. The monoisotopic (exact) mass is 388 g/mol. The minimum absolute atomic E-state index is 0.145. The fraction of sp³-hybridized carbons (Fsp3) is 0.333. The van der Waals surface area contributed by atoms with E-state index in [4.69, 9.17) is 9.59 Å². The standard InChI is InChI=1S/C14H15BrF2N2O.CO2/c1-3-10-8-12(19(4-2)18-10)11-6-5-9(15)7-13(11)20-14(16)17;2-1-3/h5-8,14H,3-4H2,1-2H3;. The van der Waals surface area contributed by atoms with E-state index in [2.05, 4.69) is 25.8 Å². The minimum Gasteiger partial charge on any atom is -0.434 e. The van der Waals surface area contributed by atoms with Gasteiger partial charge in [0.2, 0.25) is 0 Å². The number of halogens is 3. The second-order valence-corrected chi connectivity index (χ2v) is 5.21. The summed E-state index contributed by atoms with van der Waals surface area (Å²) in [5.41, 5.74) is 2.32. The van der Waals surface area contributed by atoms with E-state index in [0.29, 0.717) is 16.6 Å². The van der Waals surface area contributed by atoms with Crippen LogP contribution in [0, 0.1) is 0 Å². The van der Waals surface area contributed by atoms with Crippen molar-refractivity contribution in [3.63, 3.8) is 0 Å². The van der Waals surface area contributed by atoms with Crippen molar-refractivity contribution >= 4 is 22.1 Å². The molecule has 0 amide bonds. The van der Waals surface area contributed by atoms with Gasteiger partial charge in [0.1, 0.15) is 5.75 Å². The zero-order chi connectivity index (χ0) is 17.4. The molecule has 0 saturated carbocycles. The Morgan fingerprint density at radius 2 is 1.96 bits per heavy atom. The van der Waals surface area contributed by atoms with Crippen LogP contribution >= 0.6 is 15.9 Å². The lowest BCUT2D eigenvalue weighted by atomic mass is 10.1. The SMILES string of the molecule is CCc1cc(-c2ccc(Br)cc2OC(F)F)n(CC)n1.O=C=O. The van der Waals surface area contributed by atoms with Crippen molar-refractivity contribution in [1.29, 1.82) is 0 Å². The molecular formula is C15H15BrF2N2O3. The van der Waals surface area contributed by atoms with Crippen molar-refractivity contribution in [3.05, 3.63) is 34.4 Å². The van der Waals surface area contributed by atoms with Crippen LogP contribution in [0.1, 0.15) is 19.5 Å². The summed E-state index contributed by atoms with van der Waals surface area (Å²) in [5.74, 6) is 0.145. The quantitative estimate of drug-likeness (QED) is 0.778. The smallest absolute Gasteiger partial charge is 0.387 e. The molecule has 5 nitrogen and oxygen atoms in total. The number of nitrogens with zero attached hydrogens (tertiary/aromatic N) is 2. The fourth-order valence-electron chi connectivity index (χ4n) is 2.00. The first-order valence-electron chi connectivity index (χ1n) is 6.77. The lowest BCUT2D eigenvalue weighted by molar-refractivity contribution is -0.191. The van der Waals surface area contributed by atoms with Gasteiger partial charge in [0.05, 0.1) is 11.4 Å². The first-order chi connectivity index (χ1) is 11.0. The second-order valence-electron chi connectivity index (χ2n) is 4.29. The Hall–Kier alpha value is -2.05. The first kappa shape index (κ1) is 19.0. The van der Waals surface area contributed by atoms with Gasteiger partial charge in [-0.25, -0.2) is 0 Å². The van der Waals surface area contributed by atoms with Gasteiger partial charge in [-0.1, -0.05) is 22.9 Å². The maximum atomic E-state index is 12.5. The van der Waals surface area contributed by atoms with Crippen molar-refractivity contribution < 1.29 is 23.1 Å². The summed E-state index contributed by atoms with van der Waals surface area (Å²) in [7, 11) is 0. The Morgan fingerprint density at radius 1 is 1.30 bits per heavy atom. The van der Waals surface area contributed by atoms with E-state index in [0.717, 1.165) is 17.8 Å². The van der Waals surface area contributed by atoms with E-state index in [-0.39, 0.29) is 11.9 Å². The van der Waals surface area contributed by atoms with Crippen LogP contribution in [0.5, 0.6) is 5.75 Å². The van der Waals surface area contributed by atoms with Crippen LogP contribution in [-0.4, -0.2) is 22.5 Å². The molecule has 2 aromatic rings. The van der Waals surface area contributed by atoms with Gasteiger partial charge in [0.15, 0.2) is 0 Å². The lowest BCUT2D eigenvalue weighted by Gasteiger charge is -2.12. The maximum Gasteiger partial charge on any atom is 0.387 e. The molecule has 2 rings (SSSR count). The van der Waals surface area contributed by atoms with E-state index in [1.54, 1.807) is 22.9 Å². The molecule has 0 bridgehead atoms. The van der Waals surface area contributed by atoms with E-state index in [9.17, 15) is 8.78 Å². The molecule has 0 atom stereocenters. The van der Waals surface area contributed by atoms with Crippen LogP contribution in [0.3, 0.4) is 0 Å². The van der Waals surface area contributed by atoms with Gasteiger partial charge >= 0.3 is 12.8 Å². The molecule has 0 aliphatic heterocycles. The maximum absolute atomic E-state index is 12.5. The number of aromatic nitrogens is 2. The third-order valence-electron chi connectivity index (χ3n) is 2.93. The first-order valence-corrected chi connectivity index (χ1v) is 7.56. The van der Waals surface area contributed by atoms with Gasteiger partial charge in [-0.2, -0.15) is 23.5 Å². The number of ether oxygens (including phenoxy) is 1. The molecule has 1 aromatic carbocycles. The van der Waals surface area contributed by atoms with Crippen LogP contribution in [0.4, 0.5) is 8.78 Å². The van der Waals surface area contributed by atoms with Crippen molar-refractivity contribution in [1.82, 2.24) is 9.78 Å². The molecule has 0 saturated heterocycles. The summed E-state index contributed by atoms with van der Waals surface area (Å²) in [6, 6.07) is 7.00. The van der Waals surface area contributed by atoms with Crippen molar-refractivity contribution in [2.24, 2.45) is 0 Å². The minimum atomic E-state index is -2.85. The number of carbonyl (C=O) groups excluding carboxylic acids is 2. The number of benzene rings is 1. The van der Waals surface area contributed by atoms with Crippen LogP contribution in [-0.2, 0) is 22.6 Å². The fourth-order valence-corrected chi connectivity index (χ4v) is 2.34. The zero-order valence-corrected chi connectivity index (χ0v) is 14.1. The van der Waals surface area contributed by atoms with Crippen molar-refractivity contribution in [2.45, 2.75) is 33.4 Å². The van der Waals surface area contributed by atoms with Crippen molar-refractivity contribution in [2.75, 3.05) is 0 Å². The topological polar surface area (TPSA) is 61.2 Å². The highest BCUT2D eigenvalue weighted by Crippen LogP contribution is 2.34. The number of alkyl halides is 2. The van der Waals surface area contributed by atoms with Gasteiger partial charge in [-0.3, -0.25) is 4.68 Å². The van der Waals surface area contributed by atoms with Gasteiger partial charge < -0.3 is 4.74 Å². The summed E-state index contributed by atoms with van der Waals surface area (Å²) in [5, 5.41) is 4.43. The molecule has 1 heterocycles. The van der Waals surface area contributed by atoms with Crippen LogP contribution in [0.25, 0.3) is 11.3 Å². The number of rotatable bonds is 5. The molecule has 0 radical (unpaired) electrons. The molecule has 0 N–H and O–H groups in total. The Balaban J connectivity index is 0.000000816. The van der Waals surface area contributed by atoms with Gasteiger partial charge in [0.25, 0.3) is 0 Å². The summed E-state index contributed by atoms with van der Waals surface area (Å²) < 4.78 is 32.2. The summed E-state index contributed by atoms with van der Waals surface area (Å²) in [6.07, 6.45) is 1.04. The van der Waals surface area contributed by atoms with Gasteiger partial charge in [-0.05, 0) is 37.6 Å². The van der Waals surface area contributed by atoms with E-state index in [1.165, 1.54) is 0 Å². The number of hydrogen-bond donors (Lipinski definition) is 0. The Kier molecular flexibility index (Phi) is 7.57. The molecule has 0 fully saturated rings. The molecule has 1 aromatic heterocycles. The average Bonchev–Trinajstić information content (AvgIpc) is 2.91. The molecule has 8 heteroatoms. The third kappa shape index (κ3) is 5.26.